The Kier molecular flexibility index (Phi) is 9.17. The zero-order valence-electron chi connectivity index (χ0n) is 23.9. The molecule has 1 fully saturated rings. The van der Waals surface area contributed by atoms with Crippen LogP contribution in [-0.2, 0) is 19.2 Å². The van der Waals surface area contributed by atoms with Gasteiger partial charge in [0.2, 0.25) is 23.6 Å². The van der Waals surface area contributed by atoms with Crippen LogP contribution in [0.1, 0.15) is 57.8 Å². The third kappa shape index (κ3) is 6.08. The summed E-state index contributed by atoms with van der Waals surface area (Å²) in [6.45, 7) is 6.38. The highest BCUT2D eigenvalue weighted by Crippen LogP contribution is 2.33. The number of carbonyl (C=O) groups is 6. The van der Waals surface area contributed by atoms with Gasteiger partial charge < -0.3 is 20.3 Å². The molecule has 2 aliphatic heterocycles. The molecule has 0 radical (unpaired) electrons. The molecule has 3 heterocycles. The molecule has 13 nitrogen and oxygen atoms in total. The van der Waals surface area contributed by atoms with Crippen LogP contribution in [0, 0.1) is 6.92 Å². The molecule has 2 aromatic rings. The maximum atomic E-state index is 14.3. The second-order valence-corrected chi connectivity index (χ2v) is 9.83. The number of carbonyl (C=O) groups excluding carboxylic acids is 6. The van der Waals surface area contributed by atoms with E-state index in [1.807, 2.05) is 0 Å². The first-order chi connectivity index (χ1) is 20.5. The highest BCUT2D eigenvalue weighted by Gasteiger charge is 2.45. The van der Waals surface area contributed by atoms with Crippen molar-refractivity contribution in [3.8, 4) is 5.88 Å². The Balaban J connectivity index is 1.61. The van der Waals surface area contributed by atoms with Gasteiger partial charge in [-0.25, -0.2) is 9.37 Å². The van der Waals surface area contributed by atoms with Gasteiger partial charge in [-0.05, 0) is 38.5 Å². The standard InChI is InChI=1S/C29H31FN6O7/c1-5-31-26(39)24(17-9-12-22(43-4)33-16(17)3)35(27(40)15(2)30)14-13-32-19-8-6-7-18-23(19)29(42)36(28(18)41)20-10-11-21(37)34-25(20)38/h6-9,12,20,24,32H,2,5,10-11,13-14H2,1,3-4H3,(H,31,39)(H,34,37,38). The van der Waals surface area contributed by atoms with E-state index in [1.54, 1.807) is 19.9 Å². The van der Waals surface area contributed by atoms with Gasteiger partial charge >= 0.3 is 0 Å². The van der Waals surface area contributed by atoms with E-state index in [0.29, 0.717) is 11.3 Å². The normalized spacial score (nSPS) is 16.7. The number of rotatable bonds is 11. The Labute approximate surface area is 246 Å². The van der Waals surface area contributed by atoms with E-state index in [4.69, 9.17) is 4.74 Å². The molecule has 2 aliphatic rings. The van der Waals surface area contributed by atoms with E-state index >= 15 is 0 Å². The predicted molar refractivity (Wildman–Crippen MR) is 151 cm³/mol. The van der Waals surface area contributed by atoms with Crippen molar-refractivity contribution < 1.29 is 37.9 Å². The molecule has 3 N–H and O–H groups in total. The molecule has 226 valence electrons. The monoisotopic (exact) mass is 594 g/mol. The van der Waals surface area contributed by atoms with Crippen molar-refractivity contribution in [3.05, 3.63) is 65.1 Å². The zero-order chi connectivity index (χ0) is 31.4. The lowest BCUT2D eigenvalue weighted by Gasteiger charge is -2.31. The van der Waals surface area contributed by atoms with Crippen molar-refractivity contribution >= 4 is 41.1 Å². The summed E-state index contributed by atoms with van der Waals surface area (Å²) in [4.78, 5) is 82.9. The van der Waals surface area contributed by atoms with Crippen molar-refractivity contribution in [2.75, 3.05) is 32.1 Å². The summed E-state index contributed by atoms with van der Waals surface area (Å²) < 4.78 is 19.4. The van der Waals surface area contributed by atoms with Gasteiger partial charge in [0.1, 0.15) is 12.1 Å². The van der Waals surface area contributed by atoms with Crippen LogP contribution in [0.2, 0.25) is 0 Å². The summed E-state index contributed by atoms with van der Waals surface area (Å²) in [6.07, 6.45) is -0.0153. The van der Waals surface area contributed by atoms with Gasteiger partial charge in [-0.1, -0.05) is 12.6 Å². The molecule has 0 spiro atoms. The summed E-state index contributed by atoms with van der Waals surface area (Å²) in [5.41, 5.74) is 1.02. The van der Waals surface area contributed by atoms with Gasteiger partial charge in [-0.15, -0.1) is 0 Å². The Hall–Kier alpha value is -5.14. The van der Waals surface area contributed by atoms with E-state index in [9.17, 15) is 33.2 Å². The lowest BCUT2D eigenvalue weighted by Crippen LogP contribution is -2.54. The molecule has 2 atom stereocenters. The fourth-order valence-corrected chi connectivity index (χ4v) is 5.15. The Morgan fingerprint density at radius 3 is 2.58 bits per heavy atom. The molecule has 1 aromatic carbocycles. The minimum absolute atomic E-state index is 0.00390. The van der Waals surface area contributed by atoms with E-state index in [-0.39, 0.29) is 55.2 Å². The van der Waals surface area contributed by atoms with Crippen LogP contribution < -0.4 is 20.7 Å². The predicted octanol–water partition coefficient (Wildman–Crippen LogP) is 1.40. The van der Waals surface area contributed by atoms with Crippen molar-refractivity contribution in [2.24, 2.45) is 0 Å². The number of aromatic nitrogens is 1. The number of benzene rings is 1. The number of halogens is 1. The molecule has 0 bridgehead atoms. The van der Waals surface area contributed by atoms with Crippen molar-refractivity contribution in [2.45, 2.75) is 38.8 Å². The smallest absolute Gasteiger partial charge is 0.282 e. The molecule has 0 aliphatic carbocycles. The molecule has 1 aromatic heterocycles. The molecule has 4 rings (SSSR count). The van der Waals surface area contributed by atoms with Crippen LogP contribution in [0.15, 0.2) is 42.7 Å². The highest BCUT2D eigenvalue weighted by atomic mass is 19.1. The zero-order valence-corrected chi connectivity index (χ0v) is 23.9. The maximum Gasteiger partial charge on any atom is 0.282 e. The first-order valence-electron chi connectivity index (χ1n) is 13.5. The van der Waals surface area contributed by atoms with Gasteiger partial charge in [-0.2, -0.15) is 0 Å². The average Bonchev–Trinajstić information content (AvgIpc) is 3.22. The van der Waals surface area contributed by atoms with Crippen LogP contribution in [0.5, 0.6) is 5.88 Å². The first-order valence-corrected chi connectivity index (χ1v) is 13.5. The van der Waals surface area contributed by atoms with E-state index in [2.05, 4.69) is 27.5 Å². The van der Waals surface area contributed by atoms with Crippen LogP contribution in [0.25, 0.3) is 0 Å². The van der Waals surface area contributed by atoms with E-state index in [1.165, 1.54) is 31.4 Å². The quantitative estimate of drug-likeness (QED) is 0.257. The fraction of sp³-hybridized carbons (Fsp3) is 0.345. The number of hydrogen-bond acceptors (Lipinski definition) is 9. The molecule has 1 saturated heterocycles. The number of aryl methyl sites for hydroxylation is 1. The molecule has 43 heavy (non-hydrogen) atoms. The second kappa shape index (κ2) is 12.8. The third-order valence-electron chi connectivity index (χ3n) is 7.15. The molecule has 14 heteroatoms. The molecular weight excluding hydrogens is 563 g/mol. The van der Waals surface area contributed by atoms with E-state index < -0.39 is 53.4 Å². The number of imide groups is 2. The summed E-state index contributed by atoms with van der Waals surface area (Å²) in [5, 5.41) is 7.82. The lowest BCUT2D eigenvalue weighted by atomic mass is 10.0. The third-order valence-corrected chi connectivity index (χ3v) is 7.15. The minimum Gasteiger partial charge on any atom is -0.481 e. The summed E-state index contributed by atoms with van der Waals surface area (Å²) in [7, 11) is 1.43. The van der Waals surface area contributed by atoms with Crippen LogP contribution in [0.3, 0.4) is 0 Å². The van der Waals surface area contributed by atoms with Crippen LogP contribution in [0.4, 0.5) is 10.1 Å². The Bertz CT molecular complexity index is 1530. The van der Waals surface area contributed by atoms with E-state index in [0.717, 1.165) is 9.80 Å². The highest BCUT2D eigenvalue weighted by molar-refractivity contribution is 6.25. The number of pyridine rings is 1. The van der Waals surface area contributed by atoms with Gasteiger partial charge in [0, 0.05) is 49.1 Å². The second-order valence-electron chi connectivity index (χ2n) is 9.83. The molecule has 0 saturated carbocycles. The summed E-state index contributed by atoms with van der Waals surface area (Å²) in [6, 6.07) is 5.18. The summed E-state index contributed by atoms with van der Waals surface area (Å²) >= 11 is 0. The van der Waals surface area contributed by atoms with Crippen molar-refractivity contribution in [3.63, 3.8) is 0 Å². The van der Waals surface area contributed by atoms with Crippen LogP contribution >= 0.6 is 0 Å². The first kappa shape index (κ1) is 30.8. The number of anilines is 1. The van der Waals surface area contributed by atoms with Crippen molar-refractivity contribution in [1.29, 1.82) is 0 Å². The number of fused-ring (bicyclic) bond motifs is 1. The number of amides is 6. The average molecular weight is 595 g/mol. The number of ether oxygens (including phenoxy) is 1. The van der Waals surface area contributed by atoms with Gasteiger partial charge in [0.15, 0.2) is 5.83 Å². The van der Waals surface area contributed by atoms with Crippen molar-refractivity contribution in [1.82, 2.24) is 25.4 Å². The SMILES string of the molecule is C=C(F)C(=O)N(CCNc1cccc2c1C(=O)N(C1CCC(=O)NC1=O)C2=O)C(C(=O)NCC)c1ccc(OC)nc1C. The minimum atomic E-state index is -1.28. The molecule has 6 amide bonds. The lowest BCUT2D eigenvalue weighted by molar-refractivity contribution is -0.138. The van der Waals surface area contributed by atoms with Gasteiger partial charge in [0.05, 0.1) is 18.2 Å². The topological polar surface area (TPSA) is 167 Å². The number of nitrogens with one attached hydrogen (secondary N) is 3. The Morgan fingerprint density at radius 1 is 1.21 bits per heavy atom. The summed E-state index contributed by atoms with van der Waals surface area (Å²) in [5.74, 6) is -5.31. The number of methoxy groups -OCH3 is 1. The number of hydrogen-bond donors (Lipinski definition) is 3. The maximum absolute atomic E-state index is 14.3. The largest absolute Gasteiger partial charge is 0.481 e. The van der Waals surface area contributed by atoms with Crippen LogP contribution in [-0.4, -0.2) is 83.0 Å². The number of nitrogens with zero attached hydrogens (tertiary/aromatic N) is 3. The fourth-order valence-electron chi connectivity index (χ4n) is 5.15. The van der Waals surface area contributed by atoms with Gasteiger partial charge in [-0.3, -0.25) is 39.0 Å². The molecular formula is C29H31FN6O7. The van der Waals surface area contributed by atoms with Gasteiger partial charge in [0.25, 0.3) is 17.7 Å². The number of piperidine rings is 1. The number of likely N-dealkylation sites (N-methyl/N-ethyl adjacent to an activating group) is 1. The molecule has 2 unspecified atom stereocenters. The Morgan fingerprint density at radius 2 is 1.95 bits per heavy atom.